The summed E-state index contributed by atoms with van der Waals surface area (Å²) in [5.41, 5.74) is 3.11. The SMILES string of the molecule is CCc1ccc(C(Br)C2CCc3ccccc3C2)s1. The fourth-order valence-corrected chi connectivity index (χ4v) is 4.85. The molecule has 1 aliphatic carbocycles. The zero-order valence-electron chi connectivity index (χ0n) is 11.2. The van der Waals surface area contributed by atoms with Gasteiger partial charge >= 0.3 is 0 Å². The lowest BCUT2D eigenvalue weighted by atomic mass is 9.82. The Morgan fingerprint density at radius 3 is 2.74 bits per heavy atom. The van der Waals surface area contributed by atoms with E-state index in [4.69, 9.17) is 0 Å². The zero-order valence-corrected chi connectivity index (χ0v) is 13.6. The fraction of sp³-hybridized carbons (Fsp3) is 0.412. The number of benzene rings is 1. The van der Waals surface area contributed by atoms with Crippen LogP contribution in [0, 0.1) is 5.92 Å². The van der Waals surface area contributed by atoms with Gasteiger partial charge in [0.15, 0.2) is 0 Å². The molecule has 1 aliphatic rings. The summed E-state index contributed by atoms with van der Waals surface area (Å²) in [5.74, 6) is 0.734. The van der Waals surface area contributed by atoms with Gasteiger partial charge in [0.2, 0.25) is 0 Å². The van der Waals surface area contributed by atoms with Gasteiger partial charge in [-0.3, -0.25) is 0 Å². The van der Waals surface area contributed by atoms with Crippen LogP contribution < -0.4 is 0 Å². The summed E-state index contributed by atoms with van der Waals surface area (Å²) in [6, 6.07) is 13.5. The second-order valence-corrected chi connectivity index (χ2v) is 7.52. The summed E-state index contributed by atoms with van der Waals surface area (Å²) in [6.45, 7) is 2.23. The summed E-state index contributed by atoms with van der Waals surface area (Å²) >= 11 is 5.92. The predicted molar refractivity (Wildman–Crippen MR) is 87.3 cm³/mol. The normalized spacial score (nSPS) is 20.0. The number of hydrogen-bond acceptors (Lipinski definition) is 1. The molecular weight excluding hydrogens is 316 g/mol. The van der Waals surface area contributed by atoms with Crippen LogP contribution in [0.5, 0.6) is 0 Å². The molecule has 0 N–H and O–H groups in total. The maximum atomic E-state index is 3.95. The van der Waals surface area contributed by atoms with Crippen LogP contribution in [0.1, 0.15) is 39.1 Å². The van der Waals surface area contributed by atoms with E-state index in [2.05, 4.69) is 59.3 Å². The highest BCUT2D eigenvalue weighted by Crippen LogP contribution is 2.41. The number of aryl methyl sites for hydroxylation is 2. The number of alkyl halides is 1. The standard InChI is InChI=1S/C17H19BrS/c1-2-15-9-10-16(19-15)17(18)14-8-7-12-5-3-4-6-13(12)11-14/h3-6,9-10,14,17H,2,7-8,11H2,1H3. The van der Waals surface area contributed by atoms with Crippen LogP contribution in [0.25, 0.3) is 0 Å². The van der Waals surface area contributed by atoms with E-state index in [0.29, 0.717) is 4.83 Å². The Morgan fingerprint density at radius 2 is 2.00 bits per heavy atom. The van der Waals surface area contributed by atoms with Crippen LogP contribution in [0.3, 0.4) is 0 Å². The number of rotatable bonds is 3. The lowest BCUT2D eigenvalue weighted by molar-refractivity contribution is 0.456. The van der Waals surface area contributed by atoms with Crippen molar-refractivity contribution in [2.75, 3.05) is 0 Å². The van der Waals surface area contributed by atoms with Crippen molar-refractivity contribution in [3.05, 3.63) is 57.3 Å². The highest BCUT2D eigenvalue weighted by molar-refractivity contribution is 9.09. The highest BCUT2D eigenvalue weighted by atomic mass is 79.9. The molecule has 1 aromatic carbocycles. The van der Waals surface area contributed by atoms with E-state index in [1.165, 1.54) is 29.0 Å². The average Bonchev–Trinajstić information content (AvgIpc) is 2.95. The maximum Gasteiger partial charge on any atom is 0.0520 e. The Bertz CT molecular complexity index is 558. The molecule has 0 radical (unpaired) electrons. The van der Waals surface area contributed by atoms with E-state index in [1.54, 1.807) is 11.1 Å². The Kier molecular flexibility index (Phi) is 4.09. The highest BCUT2D eigenvalue weighted by Gasteiger charge is 2.26. The van der Waals surface area contributed by atoms with Gasteiger partial charge in [-0.15, -0.1) is 11.3 Å². The molecule has 0 fully saturated rings. The van der Waals surface area contributed by atoms with Crippen LogP contribution in [-0.2, 0) is 19.3 Å². The van der Waals surface area contributed by atoms with E-state index in [9.17, 15) is 0 Å². The minimum absolute atomic E-state index is 0.520. The van der Waals surface area contributed by atoms with E-state index >= 15 is 0 Å². The number of halogens is 1. The van der Waals surface area contributed by atoms with E-state index in [0.717, 1.165) is 12.3 Å². The summed E-state index contributed by atoms with van der Waals surface area (Å²) < 4.78 is 0. The third-order valence-electron chi connectivity index (χ3n) is 4.10. The molecule has 0 nitrogen and oxygen atoms in total. The van der Waals surface area contributed by atoms with Gasteiger partial charge < -0.3 is 0 Å². The number of hydrogen-bond donors (Lipinski definition) is 0. The Hall–Kier alpha value is -0.600. The van der Waals surface area contributed by atoms with Crippen molar-refractivity contribution in [2.45, 2.75) is 37.4 Å². The van der Waals surface area contributed by atoms with Gasteiger partial charge in [0.25, 0.3) is 0 Å². The van der Waals surface area contributed by atoms with Crippen molar-refractivity contribution in [1.82, 2.24) is 0 Å². The molecule has 0 saturated heterocycles. The molecular formula is C17H19BrS. The van der Waals surface area contributed by atoms with Crippen molar-refractivity contribution in [3.8, 4) is 0 Å². The average molecular weight is 335 g/mol. The first-order chi connectivity index (χ1) is 9.28. The first kappa shape index (κ1) is 13.4. The second kappa shape index (κ2) is 5.80. The van der Waals surface area contributed by atoms with Gasteiger partial charge in [-0.25, -0.2) is 0 Å². The van der Waals surface area contributed by atoms with Gasteiger partial charge in [-0.1, -0.05) is 47.1 Å². The second-order valence-electron chi connectivity index (χ2n) is 5.33. The quantitative estimate of drug-likeness (QED) is 0.645. The van der Waals surface area contributed by atoms with Crippen LogP contribution in [-0.4, -0.2) is 0 Å². The summed E-state index contributed by atoms with van der Waals surface area (Å²) in [7, 11) is 0. The minimum atomic E-state index is 0.520. The lowest BCUT2D eigenvalue weighted by Crippen LogP contribution is -2.17. The molecule has 19 heavy (non-hydrogen) atoms. The van der Waals surface area contributed by atoms with Gasteiger partial charge in [0.05, 0.1) is 4.83 Å². The summed E-state index contributed by atoms with van der Waals surface area (Å²) in [4.78, 5) is 3.52. The first-order valence-electron chi connectivity index (χ1n) is 7.07. The topological polar surface area (TPSA) is 0 Å². The monoisotopic (exact) mass is 334 g/mol. The minimum Gasteiger partial charge on any atom is -0.144 e. The molecule has 2 aromatic rings. The smallest absolute Gasteiger partial charge is 0.0520 e. The molecule has 0 spiro atoms. The molecule has 1 heterocycles. The van der Waals surface area contributed by atoms with Gasteiger partial charge in [0.1, 0.15) is 0 Å². The third-order valence-corrected chi connectivity index (χ3v) is 6.96. The molecule has 0 aliphatic heterocycles. The van der Waals surface area contributed by atoms with Gasteiger partial charge in [-0.05, 0) is 54.9 Å². The zero-order chi connectivity index (χ0) is 13.2. The van der Waals surface area contributed by atoms with Crippen molar-refractivity contribution in [2.24, 2.45) is 5.92 Å². The van der Waals surface area contributed by atoms with Crippen LogP contribution in [0.4, 0.5) is 0 Å². The molecule has 0 amide bonds. The van der Waals surface area contributed by atoms with Gasteiger partial charge in [-0.2, -0.15) is 0 Å². The molecule has 2 unspecified atom stereocenters. The van der Waals surface area contributed by atoms with E-state index < -0.39 is 0 Å². The fourth-order valence-electron chi connectivity index (χ4n) is 2.94. The molecule has 2 heteroatoms. The largest absolute Gasteiger partial charge is 0.144 e. The molecule has 1 aromatic heterocycles. The lowest BCUT2D eigenvalue weighted by Gasteiger charge is -2.28. The summed E-state index contributed by atoms with van der Waals surface area (Å²) in [5, 5.41) is 0. The predicted octanol–water partition coefficient (Wildman–Crippen LogP) is 5.55. The molecule has 0 saturated carbocycles. The number of fused-ring (bicyclic) bond motifs is 1. The van der Waals surface area contributed by atoms with E-state index in [1.807, 2.05) is 11.3 Å². The summed E-state index contributed by atoms with van der Waals surface area (Å²) in [6.07, 6.45) is 4.89. The van der Waals surface area contributed by atoms with Crippen molar-refractivity contribution >= 4 is 27.3 Å². The maximum absolute atomic E-state index is 3.95. The van der Waals surface area contributed by atoms with Crippen LogP contribution in [0.2, 0.25) is 0 Å². The van der Waals surface area contributed by atoms with Gasteiger partial charge in [0, 0.05) is 9.75 Å². The Labute approximate surface area is 128 Å². The third kappa shape index (κ3) is 2.80. The van der Waals surface area contributed by atoms with Crippen molar-refractivity contribution < 1.29 is 0 Å². The molecule has 3 rings (SSSR count). The first-order valence-corrected chi connectivity index (χ1v) is 8.80. The van der Waals surface area contributed by atoms with Crippen LogP contribution in [0.15, 0.2) is 36.4 Å². The number of thiophene rings is 1. The van der Waals surface area contributed by atoms with Crippen molar-refractivity contribution in [3.63, 3.8) is 0 Å². The molecule has 2 atom stereocenters. The Balaban J connectivity index is 1.77. The van der Waals surface area contributed by atoms with Crippen molar-refractivity contribution in [1.29, 1.82) is 0 Å². The van der Waals surface area contributed by atoms with Crippen LogP contribution >= 0.6 is 27.3 Å². The molecule has 100 valence electrons. The Morgan fingerprint density at radius 1 is 1.21 bits per heavy atom. The van der Waals surface area contributed by atoms with E-state index in [-0.39, 0.29) is 0 Å². The molecule has 0 bridgehead atoms.